The van der Waals surface area contributed by atoms with Crippen LogP contribution in [-0.4, -0.2) is 17.3 Å². The molecule has 0 aromatic heterocycles. The van der Waals surface area contributed by atoms with Crippen molar-refractivity contribution in [1.29, 1.82) is 0 Å². The van der Waals surface area contributed by atoms with Crippen molar-refractivity contribution >= 4 is 17.0 Å². The molecule has 1 atom stereocenters. The topological polar surface area (TPSA) is 20.3 Å². The van der Waals surface area contributed by atoms with Gasteiger partial charge in [0.05, 0.1) is 6.04 Å². The number of amides is 1. The normalized spacial score (nSPS) is 12.2. The average Bonchev–Trinajstić information content (AvgIpc) is 2.20. The molecule has 14 heavy (non-hydrogen) atoms. The van der Waals surface area contributed by atoms with Gasteiger partial charge in [-0.2, -0.15) is 0 Å². The summed E-state index contributed by atoms with van der Waals surface area (Å²) in [5.74, 6) is 0. The van der Waals surface area contributed by atoms with Crippen molar-refractivity contribution in [3.05, 3.63) is 35.9 Å². The molecule has 1 aromatic carbocycles. The quantitative estimate of drug-likeness (QED) is 0.554. The molecule has 0 aliphatic carbocycles. The van der Waals surface area contributed by atoms with Gasteiger partial charge in [0, 0.05) is 7.05 Å². The third-order valence-electron chi connectivity index (χ3n) is 2.32. The summed E-state index contributed by atoms with van der Waals surface area (Å²) >= 11 is 5.44. The molecule has 1 rings (SSSR count). The van der Waals surface area contributed by atoms with Gasteiger partial charge >= 0.3 is 5.37 Å². The van der Waals surface area contributed by atoms with E-state index in [1.54, 1.807) is 11.9 Å². The summed E-state index contributed by atoms with van der Waals surface area (Å²) in [6.45, 7) is 2.04. The SMILES string of the molecule is CCC(c1ccccc1)N(C)C(=O)Cl. The molecule has 0 fully saturated rings. The zero-order valence-electron chi connectivity index (χ0n) is 8.40. The summed E-state index contributed by atoms with van der Waals surface area (Å²) in [5, 5.41) is -0.416. The van der Waals surface area contributed by atoms with Gasteiger partial charge in [-0.25, -0.2) is 0 Å². The molecule has 0 saturated heterocycles. The van der Waals surface area contributed by atoms with Crippen molar-refractivity contribution in [2.24, 2.45) is 0 Å². The van der Waals surface area contributed by atoms with Crippen LogP contribution in [0.4, 0.5) is 4.79 Å². The van der Waals surface area contributed by atoms with Crippen LogP contribution in [0, 0.1) is 0 Å². The molecular weight excluding hydrogens is 198 g/mol. The summed E-state index contributed by atoms with van der Waals surface area (Å²) in [6.07, 6.45) is 0.860. The van der Waals surface area contributed by atoms with E-state index in [0.717, 1.165) is 12.0 Å². The van der Waals surface area contributed by atoms with Gasteiger partial charge in [0.2, 0.25) is 0 Å². The molecule has 0 aliphatic rings. The van der Waals surface area contributed by atoms with E-state index in [1.165, 1.54) is 0 Å². The molecule has 0 saturated carbocycles. The lowest BCUT2D eigenvalue weighted by atomic mass is 10.0. The van der Waals surface area contributed by atoms with Crippen molar-refractivity contribution in [3.8, 4) is 0 Å². The van der Waals surface area contributed by atoms with Crippen LogP contribution < -0.4 is 0 Å². The Hall–Kier alpha value is -1.02. The number of carbonyl (C=O) groups is 1. The summed E-state index contributed by atoms with van der Waals surface area (Å²) < 4.78 is 0. The van der Waals surface area contributed by atoms with Gasteiger partial charge in [0.25, 0.3) is 0 Å². The maximum atomic E-state index is 11.0. The second kappa shape index (κ2) is 5.01. The summed E-state index contributed by atoms with van der Waals surface area (Å²) in [7, 11) is 1.72. The summed E-state index contributed by atoms with van der Waals surface area (Å²) in [4.78, 5) is 12.6. The van der Waals surface area contributed by atoms with E-state index < -0.39 is 5.37 Å². The fourth-order valence-corrected chi connectivity index (χ4v) is 1.65. The Morgan fingerprint density at radius 3 is 2.43 bits per heavy atom. The van der Waals surface area contributed by atoms with Crippen molar-refractivity contribution in [3.63, 3.8) is 0 Å². The standard InChI is InChI=1S/C11H14ClNO/c1-3-10(13(2)11(12)14)9-7-5-4-6-8-9/h4-8,10H,3H2,1-2H3. The number of halogens is 1. The maximum absolute atomic E-state index is 11.0. The monoisotopic (exact) mass is 211 g/mol. The Morgan fingerprint density at radius 2 is 2.00 bits per heavy atom. The summed E-state index contributed by atoms with van der Waals surface area (Å²) in [6, 6.07) is 9.96. The van der Waals surface area contributed by atoms with E-state index in [0.29, 0.717) is 0 Å². The van der Waals surface area contributed by atoms with Crippen LogP contribution in [0.3, 0.4) is 0 Å². The molecule has 0 heterocycles. The van der Waals surface area contributed by atoms with Crippen molar-refractivity contribution in [1.82, 2.24) is 4.90 Å². The number of hydrogen-bond acceptors (Lipinski definition) is 1. The largest absolute Gasteiger partial charge is 0.325 e. The number of hydrogen-bond donors (Lipinski definition) is 0. The lowest BCUT2D eigenvalue weighted by Gasteiger charge is -2.25. The molecule has 0 N–H and O–H groups in total. The fraction of sp³-hybridized carbons (Fsp3) is 0.364. The molecule has 0 aliphatic heterocycles. The van der Waals surface area contributed by atoms with Crippen LogP contribution in [0.5, 0.6) is 0 Å². The Kier molecular flexibility index (Phi) is 3.96. The number of benzene rings is 1. The molecular formula is C11H14ClNO. The first-order valence-electron chi connectivity index (χ1n) is 4.64. The number of rotatable bonds is 3. The highest BCUT2D eigenvalue weighted by Gasteiger charge is 2.17. The molecule has 1 aromatic rings. The Bertz CT molecular complexity index is 299. The van der Waals surface area contributed by atoms with Crippen LogP contribution in [0.1, 0.15) is 24.9 Å². The average molecular weight is 212 g/mol. The number of carbonyl (C=O) groups excluding carboxylic acids is 1. The minimum absolute atomic E-state index is 0.0706. The lowest BCUT2D eigenvalue weighted by molar-refractivity contribution is 0.212. The molecule has 0 spiro atoms. The Labute approximate surface area is 89.5 Å². The highest BCUT2D eigenvalue weighted by Crippen LogP contribution is 2.23. The zero-order valence-corrected chi connectivity index (χ0v) is 9.16. The van der Waals surface area contributed by atoms with Gasteiger partial charge in [-0.05, 0) is 23.6 Å². The smallest absolute Gasteiger partial charge is 0.316 e. The third kappa shape index (κ3) is 2.48. The molecule has 76 valence electrons. The summed E-state index contributed by atoms with van der Waals surface area (Å²) in [5.41, 5.74) is 1.12. The van der Waals surface area contributed by atoms with Gasteiger partial charge in [-0.15, -0.1) is 0 Å². The van der Waals surface area contributed by atoms with Crippen LogP contribution in [-0.2, 0) is 0 Å². The second-order valence-electron chi connectivity index (χ2n) is 3.20. The highest BCUT2D eigenvalue weighted by atomic mass is 35.5. The van der Waals surface area contributed by atoms with E-state index in [-0.39, 0.29) is 6.04 Å². The molecule has 0 bridgehead atoms. The van der Waals surface area contributed by atoms with Crippen LogP contribution in [0.2, 0.25) is 0 Å². The van der Waals surface area contributed by atoms with E-state index in [2.05, 4.69) is 0 Å². The van der Waals surface area contributed by atoms with Crippen molar-refractivity contribution in [2.45, 2.75) is 19.4 Å². The minimum atomic E-state index is -0.416. The minimum Gasteiger partial charge on any atom is -0.325 e. The van der Waals surface area contributed by atoms with E-state index in [4.69, 9.17) is 11.6 Å². The molecule has 2 nitrogen and oxygen atoms in total. The highest BCUT2D eigenvalue weighted by molar-refractivity contribution is 6.62. The van der Waals surface area contributed by atoms with E-state index >= 15 is 0 Å². The molecule has 1 amide bonds. The van der Waals surface area contributed by atoms with E-state index in [9.17, 15) is 4.79 Å². The Balaban J connectivity index is 2.87. The van der Waals surface area contributed by atoms with Gasteiger partial charge in [0.1, 0.15) is 0 Å². The van der Waals surface area contributed by atoms with Gasteiger partial charge in [0.15, 0.2) is 0 Å². The fourth-order valence-electron chi connectivity index (χ4n) is 1.53. The lowest BCUT2D eigenvalue weighted by Crippen LogP contribution is -2.26. The van der Waals surface area contributed by atoms with Crippen molar-refractivity contribution < 1.29 is 4.79 Å². The van der Waals surface area contributed by atoms with Gasteiger partial charge in [-0.3, -0.25) is 4.79 Å². The first-order valence-corrected chi connectivity index (χ1v) is 5.01. The first-order chi connectivity index (χ1) is 6.66. The van der Waals surface area contributed by atoms with Crippen molar-refractivity contribution in [2.75, 3.05) is 7.05 Å². The first kappa shape index (κ1) is 11.1. The van der Waals surface area contributed by atoms with Crippen LogP contribution in [0.25, 0.3) is 0 Å². The Morgan fingerprint density at radius 1 is 1.43 bits per heavy atom. The molecule has 1 unspecified atom stereocenters. The maximum Gasteiger partial charge on any atom is 0.316 e. The predicted octanol–water partition coefficient (Wildman–Crippen LogP) is 3.43. The molecule has 3 heteroatoms. The zero-order chi connectivity index (χ0) is 10.6. The second-order valence-corrected chi connectivity index (χ2v) is 3.52. The van der Waals surface area contributed by atoms with Crippen LogP contribution in [0.15, 0.2) is 30.3 Å². The third-order valence-corrected chi connectivity index (χ3v) is 2.58. The van der Waals surface area contributed by atoms with Gasteiger partial charge < -0.3 is 4.90 Å². The van der Waals surface area contributed by atoms with Crippen LogP contribution >= 0.6 is 11.6 Å². The number of nitrogens with zero attached hydrogens (tertiary/aromatic N) is 1. The van der Waals surface area contributed by atoms with E-state index in [1.807, 2.05) is 37.3 Å². The molecule has 0 radical (unpaired) electrons. The predicted molar refractivity (Wildman–Crippen MR) is 58.5 cm³/mol. The van der Waals surface area contributed by atoms with Gasteiger partial charge in [-0.1, -0.05) is 37.3 Å².